The molecular formula is C15H25S+. The molecule has 0 saturated carbocycles. The highest BCUT2D eigenvalue weighted by Crippen LogP contribution is 2.31. The van der Waals surface area contributed by atoms with E-state index in [2.05, 4.69) is 71.5 Å². The van der Waals surface area contributed by atoms with Gasteiger partial charge in [-0.1, -0.05) is 58.9 Å². The second-order valence-corrected chi connectivity index (χ2v) is 6.57. The van der Waals surface area contributed by atoms with Crippen molar-refractivity contribution in [1.82, 2.24) is 0 Å². The Hall–Kier alpha value is -0.430. The summed E-state index contributed by atoms with van der Waals surface area (Å²) in [5.74, 6) is 0. The zero-order valence-corrected chi connectivity index (χ0v) is 12.2. The van der Waals surface area contributed by atoms with Crippen molar-refractivity contribution in [3.8, 4) is 0 Å². The van der Waals surface area contributed by atoms with Gasteiger partial charge in [0, 0.05) is 5.56 Å². The maximum absolute atomic E-state index is 3.92. The molecule has 1 aromatic rings. The van der Waals surface area contributed by atoms with Crippen LogP contribution in [0.15, 0.2) is 24.3 Å². The fourth-order valence-corrected chi connectivity index (χ4v) is 2.11. The molecule has 1 aromatic carbocycles. The van der Waals surface area contributed by atoms with Gasteiger partial charge in [0.15, 0.2) is 0 Å². The molecule has 0 heterocycles. The second kappa shape index (κ2) is 4.83. The van der Waals surface area contributed by atoms with Crippen LogP contribution in [0.4, 0.5) is 0 Å². The van der Waals surface area contributed by atoms with Crippen molar-refractivity contribution >= 4 is 12.6 Å². The van der Waals surface area contributed by atoms with E-state index in [0.717, 1.165) is 12.8 Å². The molecule has 0 unspecified atom stereocenters. The molecule has 0 nitrogen and oxygen atoms in total. The lowest BCUT2D eigenvalue weighted by Crippen LogP contribution is -2.21. The first-order valence-corrected chi connectivity index (χ1v) is 6.69. The van der Waals surface area contributed by atoms with E-state index in [0.29, 0.717) is 0 Å². The van der Waals surface area contributed by atoms with E-state index in [9.17, 15) is 0 Å². The number of benzene rings is 1. The van der Waals surface area contributed by atoms with Crippen molar-refractivity contribution in [3.63, 3.8) is 0 Å². The van der Waals surface area contributed by atoms with Gasteiger partial charge in [-0.3, -0.25) is 0 Å². The van der Waals surface area contributed by atoms with Gasteiger partial charge in [0.1, 0.15) is 4.75 Å². The number of hydrogen-bond donors (Lipinski definition) is 0. The Balaban J connectivity index is 3.04. The Labute approximate surface area is 106 Å². The average Bonchev–Trinajstić information content (AvgIpc) is 2.27. The predicted octanol–water partition coefficient (Wildman–Crippen LogP) is 4.01. The lowest BCUT2D eigenvalue weighted by molar-refractivity contribution is 0.574. The molecule has 0 amide bonds. The Morgan fingerprint density at radius 1 is 0.875 bits per heavy atom. The molecular weight excluding hydrogens is 212 g/mol. The molecule has 0 aliphatic carbocycles. The van der Waals surface area contributed by atoms with E-state index in [1.165, 1.54) is 11.1 Å². The molecule has 1 rings (SSSR count). The van der Waals surface area contributed by atoms with Crippen LogP contribution >= 0.6 is 0 Å². The van der Waals surface area contributed by atoms with Crippen LogP contribution < -0.4 is 0 Å². The minimum atomic E-state index is 0.149. The Bertz CT molecular complexity index is 325. The maximum Gasteiger partial charge on any atom is 0.148 e. The smallest absolute Gasteiger partial charge is 0.0600 e. The van der Waals surface area contributed by atoms with Gasteiger partial charge < -0.3 is 0 Å². The number of rotatable bonds is 3. The van der Waals surface area contributed by atoms with Gasteiger partial charge in [0.2, 0.25) is 0 Å². The molecule has 0 radical (unpaired) electrons. The van der Waals surface area contributed by atoms with E-state index in [4.69, 9.17) is 0 Å². The SMILES string of the molecule is CCC([SH2+])(CC)c1ccc(C(C)(C)C)cc1. The summed E-state index contributed by atoms with van der Waals surface area (Å²) in [5.41, 5.74) is 3.03. The normalized spacial score (nSPS) is 12.9. The van der Waals surface area contributed by atoms with Crippen molar-refractivity contribution in [2.75, 3.05) is 0 Å². The van der Waals surface area contributed by atoms with Crippen LogP contribution in [0.1, 0.15) is 58.6 Å². The highest BCUT2D eigenvalue weighted by molar-refractivity contribution is 7.60. The summed E-state index contributed by atoms with van der Waals surface area (Å²) in [6.07, 6.45) is 2.24. The average molecular weight is 237 g/mol. The van der Waals surface area contributed by atoms with E-state index in [1.807, 2.05) is 0 Å². The molecule has 0 saturated heterocycles. The van der Waals surface area contributed by atoms with Crippen molar-refractivity contribution < 1.29 is 0 Å². The summed E-state index contributed by atoms with van der Waals surface area (Å²) in [7, 11) is 0. The molecule has 0 aliphatic heterocycles. The van der Waals surface area contributed by atoms with Crippen LogP contribution in [0.2, 0.25) is 0 Å². The summed E-state index contributed by atoms with van der Waals surface area (Å²) in [4.78, 5) is 0. The highest BCUT2D eigenvalue weighted by Gasteiger charge is 2.30. The Kier molecular flexibility index (Phi) is 4.12. The molecule has 0 N–H and O–H groups in total. The van der Waals surface area contributed by atoms with Crippen LogP contribution in [0.3, 0.4) is 0 Å². The summed E-state index contributed by atoms with van der Waals surface area (Å²) in [6.45, 7) is 11.2. The van der Waals surface area contributed by atoms with Crippen molar-refractivity contribution in [2.24, 2.45) is 0 Å². The third kappa shape index (κ3) is 2.82. The van der Waals surface area contributed by atoms with Gasteiger partial charge in [-0.2, -0.15) is 0 Å². The Morgan fingerprint density at radius 2 is 1.25 bits per heavy atom. The third-order valence-electron chi connectivity index (χ3n) is 3.51. The molecule has 90 valence electrons. The van der Waals surface area contributed by atoms with E-state index in [-0.39, 0.29) is 10.2 Å². The Morgan fingerprint density at radius 3 is 1.56 bits per heavy atom. The van der Waals surface area contributed by atoms with Gasteiger partial charge >= 0.3 is 0 Å². The fourth-order valence-electron chi connectivity index (χ4n) is 1.95. The minimum absolute atomic E-state index is 0.149. The van der Waals surface area contributed by atoms with Gasteiger partial charge in [-0.25, -0.2) is 0 Å². The fraction of sp³-hybridized carbons (Fsp3) is 0.600. The van der Waals surface area contributed by atoms with E-state index < -0.39 is 0 Å². The predicted molar refractivity (Wildman–Crippen MR) is 77.6 cm³/mol. The van der Waals surface area contributed by atoms with E-state index >= 15 is 0 Å². The van der Waals surface area contributed by atoms with Crippen molar-refractivity contribution in [2.45, 2.75) is 57.6 Å². The first-order valence-electron chi connectivity index (χ1n) is 6.19. The van der Waals surface area contributed by atoms with Crippen LogP contribution in [0.5, 0.6) is 0 Å². The monoisotopic (exact) mass is 237 g/mol. The lowest BCUT2D eigenvalue weighted by Gasteiger charge is -2.23. The molecule has 1 heteroatoms. The molecule has 0 aromatic heterocycles. The molecule has 0 bridgehead atoms. The summed E-state index contributed by atoms with van der Waals surface area (Å²) < 4.78 is 0.149. The third-order valence-corrected chi connectivity index (χ3v) is 4.51. The first kappa shape index (κ1) is 13.6. The second-order valence-electron chi connectivity index (χ2n) is 5.62. The van der Waals surface area contributed by atoms with Gasteiger partial charge in [0.05, 0.1) is 0 Å². The van der Waals surface area contributed by atoms with Gasteiger partial charge in [-0.05, 0) is 36.4 Å². The largest absolute Gasteiger partial charge is 0.148 e. The lowest BCUT2D eigenvalue weighted by atomic mass is 9.84. The van der Waals surface area contributed by atoms with Crippen molar-refractivity contribution in [1.29, 1.82) is 0 Å². The van der Waals surface area contributed by atoms with Crippen LogP contribution in [0, 0.1) is 0 Å². The number of hydrogen-bond acceptors (Lipinski definition) is 0. The van der Waals surface area contributed by atoms with Gasteiger partial charge in [-0.15, -0.1) is 0 Å². The highest BCUT2D eigenvalue weighted by atomic mass is 32.1. The molecule has 16 heavy (non-hydrogen) atoms. The van der Waals surface area contributed by atoms with E-state index in [1.54, 1.807) is 0 Å². The summed E-state index contributed by atoms with van der Waals surface area (Å²) in [6, 6.07) is 9.05. The standard InChI is InChI=1S/C15H24S/c1-6-15(16,7-2)13-10-8-12(9-11-13)14(3,4)5/h8-11,16H,6-7H2,1-5H3/p+1. The van der Waals surface area contributed by atoms with Crippen LogP contribution in [0.25, 0.3) is 0 Å². The molecule has 0 atom stereocenters. The van der Waals surface area contributed by atoms with Crippen molar-refractivity contribution in [3.05, 3.63) is 35.4 Å². The first-order chi connectivity index (χ1) is 7.33. The molecule has 0 spiro atoms. The van der Waals surface area contributed by atoms with Crippen LogP contribution in [-0.4, -0.2) is 0 Å². The minimum Gasteiger partial charge on any atom is -0.0600 e. The summed E-state index contributed by atoms with van der Waals surface area (Å²) in [5, 5.41) is 0. The summed E-state index contributed by atoms with van der Waals surface area (Å²) >= 11 is 3.92. The molecule has 0 fully saturated rings. The quantitative estimate of drug-likeness (QED) is 0.697. The van der Waals surface area contributed by atoms with Gasteiger partial charge in [0.25, 0.3) is 0 Å². The zero-order chi connectivity index (χ0) is 12.4. The van der Waals surface area contributed by atoms with Crippen LogP contribution in [-0.2, 0) is 22.8 Å². The maximum atomic E-state index is 3.92. The topological polar surface area (TPSA) is 0 Å². The molecule has 0 aliphatic rings. The zero-order valence-electron chi connectivity index (χ0n) is 11.2.